The first kappa shape index (κ1) is 15.7. The molecule has 0 fully saturated rings. The van der Waals surface area contributed by atoms with Crippen molar-refractivity contribution in [1.29, 1.82) is 0 Å². The number of hydrogen-bond acceptors (Lipinski definition) is 4. The quantitative estimate of drug-likeness (QED) is 0.625. The van der Waals surface area contributed by atoms with Gasteiger partial charge in [-0.15, -0.1) is 0 Å². The first-order chi connectivity index (χ1) is 9.60. The number of nitrogens with one attached hydrogen (secondary N) is 1. The molecule has 1 aromatic carbocycles. The third-order valence-electron chi connectivity index (χ3n) is 2.48. The summed E-state index contributed by atoms with van der Waals surface area (Å²) in [5.74, 6) is 4.70. The molecule has 0 aliphatic carbocycles. The van der Waals surface area contributed by atoms with E-state index in [2.05, 4.69) is 17.2 Å². The maximum Gasteiger partial charge on any atom is 0.328 e. The summed E-state index contributed by atoms with van der Waals surface area (Å²) >= 11 is 0. The number of nitrogens with two attached hydrogens (primary N) is 1. The number of benzene rings is 1. The van der Waals surface area contributed by atoms with E-state index in [0.29, 0.717) is 11.1 Å². The first-order valence-electron chi connectivity index (χ1n) is 6.35. The second-order valence-corrected chi connectivity index (χ2v) is 4.00. The lowest BCUT2D eigenvalue weighted by Crippen LogP contribution is -2.39. The minimum Gasteiger partial charge on any atom is -0.464 e. The molecule has 0 aromatic heterocycles. The maximum atomic E-state index is 12.1. The van der Waals surface area contributed by atoms with Crippen LogP contribution in [0.1, 0.15) is 29.8 Å². The number of amides is 1. The highest BCUT2D eigenvalue weighted by Gasteiger charge is 2.18. The van der Waals surface area contributed by atoms with Gasteiger partial charge in [-0.3, -0.25) is 4.79 Å². The van der Waals surface area contributed by atoms with Crippen LogP contribution in [0.4, 0.5) is 0 Å². The molecule has 1 amide bonds. The molecular formula is C15H18N2O3. The van der Waals surface area contributed by atoms with Gasteiger partial charge in [-0.25, -0.2) is 4.79 Å². The summed E-state index contributed by atoms with van der Waals surface area (Å²) in [5, 5.41) is 2.59. The van der Waals surface area contributed by atoms with Gasteiger partial charge in [-0.05, 0) is 26.0 Å². The molecule has 20 heavy (non-hydrogen) atoms. The molecule has 5 nitrogen and oxygen atoms in total. The summed E-state index contributed by atoms with van der Waals surface area (Å²) in [4.78, 5) is 23.6. The fourth-order valence-corrected chi connectivity index (χ4v) is 1.54. The van der Waals surface area contributed by atoms with E-state index in [1.165, 1.54) is 0 Å². The molecule has 0 spiro atoms. The Kier molecular flexibility index (Phi) is 6.27. The van der Waals surface area contributed by atoms with E-state index in [1.807, 2.05) is 0 Å². The average Bonchev–Trinajstić information content (AvgIpc) is 2.45. The Hall–Kier alpha value is -2.32. The van der Waals surface area contributed by atoms with Gasteiger partial charge in [0.25, 0.3) is 5.91 Å². The van der Waals surface area contributed by atoms with Crippen LogP contribution in [-0.2, 0) is 9.53 Å². The monoisotopic (exact) mass is 274 g/mol. The Bertz CT molecular complexity index is 544. The molecule has 5 heteroatoms. The van der Waals surface area contributed by atoms with Crippen LogP contribution in [0.25, 0.3) is 0 Å². The number of carbonyl (C=O) groups excluding carboxylic acids is 2. The largest absolute Gasteiger partial charge is 0.464 e. The minimum atomic E-state index is -0.710. The second kappa shape index (κ2) is 7.97. The summed E-state index contributed by atoms with van der Waals surface area (Å²) < 4.78 is 4.84. The first-order valence-corrected chi connectivity index (χ1v) is 6.35. The van der Waals surface area contributed by atoms with Crippen LogP contribution in [0, 0.1) is 11.8 Å². The van der Waals surface area contributed by atoms with Crippen molar-refractivity contribution in [1.82, 2.24) is 5.32 Å². The van der Waals surface area contributed by atoms with Gasteiger partial charge >= 0.3 is 5.97 Å². The van der Waals surface area contributed by atoms with Crippen molar-refractivity contribution < 1.29 is 14.3 Å². The number of esters is 1. The Morgan fingerprint density at radius 1 is 1.40 bits per heavy atom. The lowest BCUT2D eigenvalue weighted by atomic mass is 10.1. The van der Waals surface area contributed by atoms with Crippen LogP contribution < -0.4 is 11.1 Å². The third kappa shape index (κ3) is 4.41. The molecule has 3 N–H and O–H groups in total. The highest BCUT2D eigenvalue weighted by Crippen LogP contribution is 2.07. The van der Waals surface area contributed by atoms with Crippen molar-refractivity contribution in [3.05, 3.63) is 35.4 Å². The zero-order valence-electron chi connectivity index (χ0n) is 11.6. The average molecular weight is 274 g/mol. The predicted octanol–water partition coefficient (Wildman–Crippen LogP) is 0.678. The number of carbonyl (C=O) groups is 2. The molecule has 0 radical (unpaired) electrons. The van der Waals surface area contributed by atoms with Gasteiger partial charge in [0, 0.05) is 5.56 Å². The SMILES string of the molecule is CCOC(=O)C(C)NC(=O)c1ccccc1C#CCN. The fraction of sp³-hybridized carbons (Fsp3) is 0.333. The standard InChI is InChI=1S/C15H18N2O3/c1-3-20-15(19)11(2)17-14(18)13-9-5-4-7-12(13)8-6-10-16/h4-5,7,9,11H,3,10,16H2,1-2H3,(H,17,18). The van der Waals surface area contributed by atoms with Gasteiger partial charge in [-0.1, -0.05) is 24.0 Å². The third-order valence-corrected chi connectivity index (χ3v) is 2.48. The van der Waals surface area contributed by atoms with Crippen molar-refractivity contribution in [2.75, 3.05) is 13.2 Å². The fourth-order valence-electron chi connectivity index (χ4n) is 1.54. The molecule has 0 heterocycles. The predicted molar refractivity (Wildman–Crippen MR) is 75.9 cm³/mol. The molecule has 0 saturated heterocycles. The van der Waals surface area contributed by atoms with Gasteiger partial charge in [0.15, 0.2) is 0 Å². The van der Waals surface area contributed by atoms with Gasteiger partial charge in [0.2, 0.25) is 0 Å². The molecule has 0 bridgehead atoms. The van der Waals surface area contributed by atoms with E-state index in [0.717, 1.165) is 0 Å². The molecule has 106 valence electrons. The highest BCUT2D eigenvalue weighted by atomic mass is 16.5. The van der Waals surface area contributed by atoms with Crippen molar-refractivity contribution >= 4 is 11.9 Å². The molecular weight excluding hydrogens is 256 g/mol. The second-order valence-electron chi connectivity index (χ2n) is 4.00. The van der Waals surface area contributed by atoms with Gasteiger partial charge < -0.3 is 15.8 Å². The van der Waals surface area contributed by atoms with E-state index >= 15 is 0 Å². The molecule has 1 aromatic rings. The Balaban J connectivity index is 2.85. The van der Waals surface area contributed by atoms with E-state index < -0.39 is 12.0 Å². The number of rotatable bonds is 4. The van der Waals surface area contributed by atoms with Crippen molar-refractivity contribution in [3.63, 3.8) is 0 Å². The van der Waals surface area contributed by atoms with Crippen LogP contribution in [0.5, 0.6) is 0 Å². The van der Waals surface area contributed by atoms with Crippen LogP contribution in [0.3, 0.4) is 0 Å². The zero-order chi connectivity index (χ0) is 15.0. The Morgan fingerprint density at radius 2 is 2.10 bits per heavy atom. The molecule has 1 rings (SSSR count). The summed E-state index contributed by atoms with van der Waals surface area (Å²) in [6.07, 6.45) is 0. The Morgan fingerprint density at radius 3 is 2.75 bits per heavy atom. The molecule has 0 saturated carbocycles. The maximum absolute atomic E-state index is 12.1. The van der Waals surface area contributed by atoms with Gasteiger partial charge in [-0.2, -0.15) is 0 Å². The molecule has 1 unspecified atom stereocenters. The minimum absolute atomic E-state index is 0.217. The number of ether oxygens (including phenoxy) is 1. The van der Waals surface area contributed by atoms with Crippen LogP contribution in [0.2, 0.25) is 0 Å². The van der Waals surface area contributed by atoms with E-state index in [9.17, 15) is 9.59 Å². The summed E-state index contributed by atoms with van der Waals surface area (Å²) in [6.45, 7) is 3.78. The van der Waals surface area contributed by atoms with Crippen molar-refractivity contribution in [2.24, 2.45) is 5.73 Å². The van der Waals surface area contributed by atoms with Crippen molar-refractivity contribution in [2.45, 2.75) is 19.9 Å². The van der Waals surface area contributed by atoms with Gasteiger partial charge in [0.05, 0.1) is 18.7 Å². The lowest BCUT2D eigenvalue weighted by molar-refractivity contribution is -0.144. The topological polar surface area (TPSA) is 81.4 Å². The van der Waals surface area contributed by atoms with E-state index in [-0.39, 0.29) is 19.1 Å². The zero-order valence-corrected chi connectivity index (χ0v) is 11.6. The van der Waals surface area contributed by atoms with E-state index in [4.69, 9.17) is 10.5 Å². The van der Waals surface area contributed by atoms with Gasteiger partial charge in [0.1, 0.15) is 6.04 Å². The summed E-state index contributed by atoms with van der Waals surface area (Å²) in [7, 11) is 0. The van der Waals surface area contributed by atoms with E-state index in [1.54, 1.807) is 38.1 Å². The van der Waals surface area contributed by atoms with Crippen molar-refractivity contribution in [3.8, 4) is 11.8 Å². The summed E-state index contributed by atoms with van der Waals surface area (Å²) in [5.41, 5.74) is 6.30. The summed E-state index contributed by atoms with van der Waals surface area (Å²) in [6, 6.07) is 6.18. The van der Waals surface area contributed by atoms with Crippen LogP contribution in [0.15, 0.2) is 24.3 Å². The molecule has 1 atom stereocenters. The molecule has 0 aliphatic heterocycles. The smallest absolute Gasteiger partial charge is 0.328 e. The Labute approximate surface area is 118 Å². The van der Waals surface area contributed by atoms with Crippen LogP contribution in [-0.4, -0.2) is 31.1 Å². The highest BCUT2D eigenvalue weighted by molar-refractivity contribution is 5.98. The normalized spacial score (nSPS) is 10.9. The molecule has 0 aliphatic rings. The van der Waals surface area contributed by atoms with Crippen LogP contribution >= 0.6 is 0 Å². The number of hydrogen-bond donors (Lipinski definition) is 2. The lowest BCUT2D eigenvalue weighted by Gasteiger charge is -2.13.